The molecule has 0 saturated heterocycles. The molecule has 0 aromatic carbocycles. The minimum absolute atomic E-state index is 0.869. The highest BCUT2D eigenvalue weighted by Gasteiger charge is 2.11. The number of oxime groups is 1. The van der Waals surface area contributed by atoms with Crippen LogP contribution in [0.5, 0.6) is 0 Å². The van der Waals surface area contributed by atoms with Crippen molar-refractivity contribution >= 4 is 29.1 Å². The number of nitrogens with zero attached hydrogens (tertiary/aromatic N) is 3. The molecule has 72 valence electrons. The molecule has 2 rings (SSSR count). The topological polar surface area (TPSA) is 58.4 Å². The van der Waals surface area contributed by atoms with Gasteiger partial charge in [-0.1, -0.05) is 9.64 Å². The molecule has 14 heavy (non-hydrogen) atoms. The van der Waals surface area contributed by atoms with E-state index in [0.29, 0.717) is 0 Å². The van der Waals surface area contributed by atoms with Gasteiger partial charge in [-0.15, -0.1) is 16.4 Å². The number of thiophene rings is 1. The van der Waals surface area contributed by atoms with Gasteiger partial charge in [0.2, 0.25) is 0 Å². The molecule has 1 N–H and O–H groups in total. The fourth-order valence-electron chi connectivity index (χ4n) is 1.12. The SMILES string of the molecule is Cc1snnc1-c1sccc1C=NO. The first-order valence-electron chi connectivity index (χ1n) is 3.87. The van der Waals surface area contributed by atoms with Gasteiger partial charge in [-0.05, 0) is 29.9 Å². The van der Waals surface area contributed by atoms with Crippen LogP contribution >= 0.6 is 22.9 Å². The summed E-state index contributed by atoms with van der Waals surface area (Å²) in [6, 6.07) is 1.89. The first-order valence-corrected chi connectivity index (χ1v) is 5.52. The molecule has 0 amide bonds. The monoisotopic (exact) mass is 225 g/mol. The third-order valence-corrected chi connectivity index (χ3v) is 3.33. The smallest absolute Gasteiger partial charge is 0.119 e. The zero-order valence-electron chi connectivity index (χ0n) is 7.34. The molecule has 6 heteroatoms. The van der Waals surface area contributed by atoms with Crippen LogP contribution in [0.15, 0.2) is 16.6 Å². The van der Waals surface area contributed by atoms with Crippen molar-refractivity contribution in [2.45, 2.75) is 6.92 Å². The largest absolute Gasteiger partial charge is 0.411 e. The van der Waals surface area contributed by atoms with Gasteiger partial charge in [0.05, 0.1) is 16.0 Å². The summed E-state index contributed by atoms with van der Waals surface area (Å²) in [5.41, 5.74) is 1.74. The van der Waals surface area contributed by atoms with Crippen LogP contribution in [0.1, 0.15) is 10.4 Å². The average Bonchev–Trinajstić information content (AvgIpc) is 2.74. The van der Waals surface area contributed by atoms with E-state index < -0.39 is 0 Å². The van der Waals surface area contributed by atoms with Crippen LogP contribution in [0.4, 0.5) is 0 Å². The summed E-state index contributed by atoms with van der Waals surface area (Å²) in [6.07, 6.45) is 1.41. The first-order chi connectivity index (χ1) is 6.83. The van der Waals surface area contributed by atoms with E-state index in [-0.39, 0.29) is 0 Å². The highest BCUT2D eigenvalue weighted by Crippen LogP contribution is 2.30. The number of hydrogen-bond acceptors (Lipinski definition) is 6. The predicted molar refractivity (Wildman–Crippen MR) is 57.3 cm³/mol. The standard InChI is InChI=1S/C8H7N3OS2/c1-5-7(10-11-14-5)8-6(4-9-12)2-3-13-8/h2-4,12H,1H3. The molecule has 0 fully saturated rings. The van der Waals surface area contributed by atoms with E-state index in [1.54, 1.807) is 11.3 Å². The highest BCUT2D eigenvalue weighted by atomic mass is 32.1. The third kappa shape index (κ3) is 1.53. The quantitative estimate of drug-likeness (QED) is 0.485. The Morgan fingerprint density at radius 1 is 1.57 bits per heavy atom. The Bertz CT molecular complexity index is 461. The lowest BCUT2D eigenvalue weighted by atomic mass is 10.2. The minimum Gasteiger partial charge on any atom is -0.411 e. The highest BCUT2D eigenvalue weighted by molar-refractivity contribution is 7.14. The Hall–Kier alpha value is -1.27. The normalized spacial score (nSPS) is 11.2. The second-order valence-electron chi connectivity index (χ2n) is 2.63. The molecular weight excluding hydrogens is 218 g/mol. The van der Waals surface area contributed by atoms with Crippen molar-refractivity contribution in [3.05, 3.63) is 21.9 Å². The second-order valence-corrected chi connectivity index (χ2v) is 4.50. The summed E-state index contributed by atoms with van der Waals surface area (Å²) in [7, 11) is 0. The Labute approximate surface area is 88.7 Å². The molecule has 2 aromatic heterocycles. The minimum atomic E-state index is 0.869. The molecule has 0 aliphatic rings. The van der Waals surface area contributed by atoms with Gasteiger partial charge in [-0.2, -0.15) is 0 Å². The van der Waals surface area contributed by atoms with Crippen LogP contribution in [0.3, 0.4) is 0 Å². The molecule has 0 spiro atoms. The van der Waals surface area contributed by atoms with Crippen molar-refractivity contribution in [3.8, 4) is 10.6 Å². The summed E-state index contributed by atoms with van der Waals surface area (Å²) >= 11 is 2.93. The summed E-state index contributed by atoms with van der Waals surface area (Å²) < 4.78 is 3.87. The van der Waals surface area contributed by atoms with Gasteiger partial charge in [0.1, 0.15) is 5.69 Å². The van der Waals surface area contributed by atoms with Gasteiger partial charge in [-0.25, -0.2) is 0 Å². The Kier molecular flexibility index (Phi) is 2.55. The van der Waals surface area contributed by atoms with Crippen LogP contribution in [0, 0.1) is 6.92 Å². The average molecular weight is 225 g/mol. The van der Waals surface area contributed by atoms with Crippen molar-refractivity contribution in [2.75, 3.05) is 0 Å². The fourth-order valence-corrected chi connectivity index (χ4v) is 2.57. The summed E-state index contributed by atoms with van der Waals surface area (Å²) in [6.45, 7) is 1.97. The molecule has 0 aliphatic carbocycles. The first kappa shape index (κ1) is 9.29. The van der Waals surface area contributed by atoms with Crippen molar-refractivity contribution in [2.24, 2.45) is 5.16 Å². The molecular formula is C8H7N3OS2. The molecule has 0 atom stereocenters. The van der Waals surface area contributed by atoms with Gasteiger partial charge >= 0.3 is 0 Å². The molecule has 0 unspecified atom stereocenters. The molecule has 0 bridgehead atoms. The van der Waals surface area contributed by atoms with Crippen LogP contribution in [0.25, 0.3) is 10.6 Å². The van der Waals surface area contributed by atoms with Crippen LogP contribution < -0.4 is 0 Å². The van der Waals surface area contributed by atoms with Gasteiger partial charge in [0.15, 0.2) is 0 Å². The fraction of sp³-hybridized carbons (Fsp3) is 0.125. The summed E-state index contributed by atoms with van der Waals surface area (Å²) in [5, 5.41) is 17.5. The second kappa shape index (κ2) is 3.85. The molecule has 2 heterocycles. The van der Waals surface area contributed by atoms with E-state index in [0.717, 1.165) is 21.0 Å². The Morgan fingerprint density at radius 3 is 3.07 bits per heavy atom. The van der Waals surface area contributed by atoms with Gasteiger partial charge in [0, 0.05) is 5.56 Å². The number of hydrogen-bond donors (Lipinski definition) is 1. The van der Waals surface area contributed by atoms with Crippen molar-refractivity contribution < 1.29 is 5.21 Å². The molecule has 0 radical (unpaired) electrons. The van der Waals surface area contributed by atoms with Gasteiger partial charge in [0.25, 0.3) is 0 Å². The van der Waals surface area contributed by atoms with Crippen LogP contribution in [0.2, 0.25) is 0 Å². The van der Waals surface area contributed by atoms with E-state index in [1.807, 2.05) is 18.4 Å². The number of aryl methyl sites for hydroxylation is 1. The van der Waals surface area contributed by atoms with Gasteiger partial charge < -0.3 is 5.21 Å². The van der Waals surface area contributed by atoms with Crippen molar-refractivity contribution in [3.63, 3.8) is 0 Å². The number of aromatic nitrogens is 2. The Balaban J connectivity index is 2.51. The maximum Gasteiger partial charge on any atom is 0.119 e. The van der Waals surface area contributed by atoms with E-state index in [1.165, 1.54) is 17.7 Å². The Morgan fingerprint density at radius 2 is 2.43 bits per heavy atom. The molecule has 0 saturated carbocycles. The predicted octanol–water partition coefficient (Wildman–Crippen LogP) is 2.38. The number of rotatable bonds is 2. The summed E-state index contributed by atoms with van der Waals surface area (Å²) in [4.78, 5) is 2.06. The zero-order chi connectivity index (χ0) is 9.97. The molecule has 4 nitrogen and oxygen atoms in total. The van der Waals surface area contributed by atoms with E-state index >= 15 is 0 Å². The zero-order valence-corrected chi connectivity index (χ0v) is 8.97. The maximum atomic E-state index is 8.47. The third-order valence-electron chi connectivity index (χ3n) is 1.76. The van der Waals surface area contributed by atoms with E-state index in [2.05, 4.69) is 14.7 Å². The lowest BCUT2D eigenvalue weighted by Gasteiger charge is -1.93. The summed E-state index contributed by atoms with van der Waals surface area (Å²) in [5.74, 6) is 0. The molecule has 0 aliphatic heterocycles. The van der Waals surface area contributed by atoms with Crippen molar-refractivity contribution in [1.29, 1.82) is 0 Å². The lowest BCUT2D eigenvalue weighted by Crippen LogP contribution is -1.83. The molecule has 2 aromatic rings. The van der Waals surface area contributed by atoms with E-state index in [4.69, 9.17) is 5.21 Å². The van der Waals surface area contributed by atoms with Gasteiger partial charge in [-0.3, -0.25) is 0 Å². The van der Waals surface area contributed by atoms with E-state index in [9.17, 15) is 0 Å². The van der Waals surface area contributed by atoms with Crippen LogP contribution in [-0.4, -0.2) is 21.0 Å². The van der Waals surface area contributed by atoms with Crippen molar-refractivity contribution in [1.82, 2.24) is 9.59 Å². The maximum absolute atomic E-state index is 8.47. The lowest BCUT2D eigenvalue weighted by molar-refractivity contribution is 0.322. The van der Waals surface area contributed by atoms with Crippen LogP contribution in [-0.2, 0) is 0 Å².